The van der Waals surface area contributed by atoms with E-state index < -0.39 is 24.4 Å². The number of hydrogen-bond donors (Lipinski definition) is 0. The number of imide groups is 1. The first-order chi connectivity index (χ1) is 13.7. The summed E-state index contributed by atoms with van der Waals surface area (Å²) in [7, 11) is 0. The van der Waals surface area contributed by atoms with Crippen LogP contribution in [-0.4, -0.2) is 50.8 Å². The van der Waals surface area contributed by atoms with Gasteiger partial charge in [0, 0.05) is 20.2 Å². The van der Waals surface area contributed by atoms with Crippen LogP contribution in [-0.2, 0) is 19.1 Å². The summed E-state index contributed by atoms with van der Waals surface area (Å²) in [6.07, 6.45) is -0.231. The van der Waals surface area contributed by atoms with Gasteiger partial charge in [0.1, 0.15) is 6.54 Å². The molecular weight excluding hydrogens is 529 g/mol. The van der Waals surface area contributed by atoms with Crippen molar-refractivity contribution in [3.8, 4) is 0 Å². The largest absolute Gasteiger partial charge is 0.453 e. The third-order valence-electron chi connectivity index (χ3n) is 6.15. The van der Waals surface area contributed by atoms with Gasteiger partial charge in [-0.05, 0) is 37.3 Å². The molecule has 1 aliphatic heterocycles. The molecule has 0 spiro atoms. The molecule has 2 aliphatic carbocycles. The smallest absolute Gasteiger partial charge is 0.326 e. The first-order valence-electron chi connectivity index (χ1n) is 9.33. The number of esters is 1. The molecule has 1 aromatic carbocycles. The number of ether oxygens (including phenoxy) is 1. The minimum atomic E-state index is -1.05. The molecule has 3 aliphatic rings. The Balaban J connectivity index is 1.41. The van der Waals surface area contributed by atoms with Gasteiger partial charge in [-0.2, -0.15) is 0 Å². The first kappa shape index (κ1) is 21.0. The molecule has 0 aromatic heterocycles. The van der Waals surface area contributed by atoms with E-state index in [0.29, 0.717) is 10.6 Å². The van der Waals surface area contributed by atoms with E-state index >= 15 is 0 Å². The van der Waals surface area contributed by atoms with E-state index in [1.54, 1.807) is 18.2 Å². The van der Waals surface area contributed by atoms with Crippen LogP contribution < -0.4 is 0 Å². The summed E-state index contributed by atoms with van der Waals surface area (Å²) < 4.78 is 5.20. The zero-order valence-corrected chi connectivity index (χ0v) is 19.3. The number of likely N-dealkylation sites (tertiary alicyclic amines) is 1. The molecule has 2 bridgehead atoms. The second-order valence-electron chi connectivity index (χ2n) is 7.77. The second-order valence-corrected chi connectivity index (χ2v) is 10.3. The Hall–Kier alpha value is -1.25. The molecule has 3 fully saturated rings. The van der Waals surface area contributed by atoms with Gasteiger partial charge < -0.3 is 4.74 Å². The lowest BCUT2D eigenvalue weighted by molar-refractivity contribution is -0.155. The fourth-order valence-electron chi connectivity index (χ4n) is 4.86. The van der Waals surface area contributed by atoms with Crippen molar-refractivity contribution in [2.45, 2.75) is 29.1 Å². The van der Waals surface area contributed by atoms with Gasteiger partial charge in [0.05, 0.1) is 11.8 Å². The van der Waals surface area contributed by atoms with Crippen LogP contribution in [0.2, 0.25) is 5.02 Å². The van der Waals surface area contributed by atoms with Crippen LogP contribution in [0.3, 0.4) is 0 Å². The van der Waals surface area contributed by atoms with E-state index in [-0.39, 0.29) is 45.1 Å². The maximum atomic E-state index is 12.8. The molecule has 0 N–H and O–H groups in total. The number of amides is 2. The summed E-state index contributed by atoms with van der Waals surface area (Å²) in [6, 6.07) is 6.34. The third-order valence-corrected chi connectivity index (χ3v) is 9.59. The van der Waals surface area contributed by atoms with Gasteiger partial charge in [0.15, 0.2) is 6.10 Å². The van der Waals surface area contributed by atoms with Gasteiger partial charge in [0.25, 0.3) is 0 Å². The van der Waals surface area contributed by atoms with Gasteiger partial charge in [-0.1, -0.05) is 55.6 Å². The van der Waals surface area contributed by atoms with Crippen LogP contribution in [0.15, 0.2) is 24.3 Å². The zero-order valence-electron chi connectivity index (χ0n) is 15.4. The number of benzene rings is 1. The summed E-state index contributed by atoms with van der Waals surface area (Å²) >= 11 is 13.1. The number of halogens is 3. The van der Waals surface area contributed by atoms with Crippen molar-refractivity contribution in [3.05, 3.63) is 34.9 Å². The average Bonchev–Trinajstić information content (AvgIpc) is 3.28. The van der Waals surface area contributed by atoms with Crippen molar-refractivity contribution >= 4 is 67.0 Å². The van der Waals surface area contributed by atoms with Crippen molar-refractivity contribution in [2.24, 2.45) is 23.7 Å². The average molecular weight is 548 g/mol. The van der Waals surface area contributed by atoms with Crippen LogP contribution in [0.5, 0.6) is 0 Å². The second kappa shape index (κ2) is 7.78. The van der Waals surface area contributed by atoms with Crippen molar-refractivity contribution in [1.82, 2.24) is 4.90 Å². The monoisotopic (exact) mass is 545 g/mol. The number of alkyl halides is 2. The molecule has 1 saturated heterocycles. The maximum absolute atomic E-state index is 12.8. The normalized spacial score (nSPS) is 33.7. The standard InChI is InChI=1S/C20H18Br2ClNO5/c1-8(18(26)9-3-2-4-10(23)5-9)29-13(25)7-24-19(27)14-11-6-12(15(14)20(24)28)17(22)16(11)21/h2-5,8,11-12,14-17H,6-7H2,1H3/t8-,11+,12+,14+,15+,16-,17+/m0/s1. The van der Waals surface area contributed by atoms with Gasteiger partial charge in [-0.25, -0.2) is 0 Å². The number of rotatable bonds is 5. The molecule has 2 amide bonds. The summed E-state index contributed by atoms with van der Waals surface area (Å²) in [5.74, 6) is -2.44. The van der Waals surface area contributed by atoms with Crippen LogP contribution >= 0.6 is 43.5 Å². The molecule has 1 aromatic rings. The molecule has 0 radical (unpaired) electrons. The molecule has 4 rings (SSSR count). The highest BCUT2D eigenvalue weighted by Crippen LogP contribution is 2.60. The van der Waals surface area contributed by atoms with Crippen molar-refractivity contribution in [1.29, 1.82) is 0 Å². The maximum Gasteiger partial charge on any atom is 0.326 e. The Kier molecular flexibility index (Phi) is 5.63. The molecule has 154 valence electrons. The highest BCUT2D eigenvalue weighted by atomic mass is 79.9. The molecule has 6 nitrogen and oxygen atoms in total. The summed E-state index contributed by atoms with van der Waals surface area (Å²) in [5.41, 5.74) is 0.323. The van der Waals surface area contributed by atoms with Gasteiger partial charge >= 0.3 is 5.97 Å². The Morgan fingerprint density at radius 1 is 1.17 bits per heavy atom. The van der Waals surface area contributed by atoms with Gasteiger partial charge in [-0.15, -0.1) is 0 Å². The van der Waals surface area contributed by atoms with Gasteiger partial charge in [-0.3, -0.25) is 24.1 Å². The Labute approximate surface area is 189 Å². The minimum absolute atomic E-state index is 0.0789. The van der Waals surface area contributed by atoms with E-state index in [4.69, 9.17) is 16.3 Å². The predicted octanol–water partition coefficient (Wildman–Crippen LogP) is 3.23. The number of carbonyl (C=O) groups excluding carboxylic acids is 4. The number of fused-ring (bicyclic) bond motifs is 5. The summed E-state index contributed by atoms with van der Waals surface area (Å²) in [5, 5.41) is 0.402. The van der Waals surface area contributed by atoms with Crippen LogP contribution in [0, 0.1) is 23.7 Å². The number of hydrogen-bond acceptors (Lipinski definition) is 5. The van der Waals surface area contributed by atoms with E-state index in [9.17, 15) is 19.2 Å². The van der Waals surface area contributed by atoms with Crippen LogP contribution in [0.25, 0.3) is 0 Å². The van der Waals surface area contributed by atoms with Crippen molar-refractivity contribution < 1.29 is 23.9 Å². The highest BCUT2D eigenvalue weighted by molar-refractivity contribution is 9.12. The quantitative estimate of drug-likeness (QED) is 0.245. The lowest BCUT2D eigenvalue weighted by Gasteiger charge is -2.28. The van der Waals surface area contributed by atoms with E-state index in [0.717, 1.165) is 11.3 Å². The summed E-state index contributed by atoms with van der Waals surface area (Å²) in [4.78, 5) is 51.7. The predicted molar refractivity (Wildman–Crippen MR) is 112 cm³/mol. The lowest BCUT2D eigenvalue weighted by Crippen LogP contribution is -2.39. The third kappa shape index (κ3) is 3.47. The fourth-order valence-corrected chi connectivity index (χ4v) is 6.92. The molecule has 7 atom stereocenters. The van der Waals surface area contributed by atoms with Crippen LogP contribution in [0.4, 0.5) is 0 Å². The highest BCUT2D eigenvalue weighted by Gasteiger charge is 2.66. The lowest BCUT2D eigenvalue weighted by atomic mass is 9.81. The molecule has 2 saturated carbocycles. The van der Waals surface area contributed by atoms with E-state index in [1.807, 2.05) is 0 Å². The van der Waals surface area contributed by atoms with Crippen molar-refractivity contribution in [3.63, 3.8) is 0 Å². The van der Waals surface area contributed by atoms with Gasteiger partial charge in [0.2, 0.25) is 17.6 Å². The van der Waals surface area contributed by atoms with Crippen LogP contribution in [0.1, 0.15) is 23.7 Å². The SMILES string of the molecule is C[C@H](OC(=O)CN1C(=O)[C@@H]2[C@H]3C[C@@H]([C@@H](Br)[C@H]3Br)[C@H]2C1=O)C(=O)c1cccc(Cl)c1. The Morgan fingerprint density at radius 2 is 1.76 bits per heavy atom. The Morgan fingerprint density at radius 3 is 2.31 bits per heavy atom. The molecule has 9 heteroatoms. The van der Waals surface area contributed by atoms with E-state index in [2.05, 4.69) is 31.9 Å². The van der Waals surface area contributed by atoms with E-state index in [1.165, 1.54) is 13.0 Å². The number of carbonyl (C=O) groups is 4. The molecule has 0 unspecified atom stereocenters. The topological polar surface area (TPSA) is 80.8 Å². The first-order valence-corrected chi connectivity index (χ1v) is 11.5. The molecule has 29 heavy (non-hydrogen) atoms. The Bertz CT molecular complexity index is 877. The number of nitrogens with zero attached hydrogens (tertiary/aromatic N) is 1. The minimum Gasteiger partial charge on any atom is -0.453 e. The molecule has 1 heterocycles. The summed E-state index contributed by atoms with van der Waals surface area (Å²) in [6.45, 7) is 0.978. The molecular formula is C20H18Br2ClNO5. The number of Topliss-reactive ketones (excluding diaryl/α,β-unsaturated/α-hetero) is 1. The fraction of sp³-hybridized carbons (Fsp3) is 0.500. The zero-order chi connectivity index (χ0) is 21.0. The number of ketones is 1. The van der Waals surface area contributed by atoms with Crippen molar-refractivity contribution in [2.75, 3.05) is 6.54 Å².